The first-order chi connectivity index (χ1) is 10.0. The number of hydrogen-bond acceptors (Lipinski definition) is 2. The lowest BCUT2D eigenvalue weighted by Gasteiger charge is -2.29. The van der Waals surface area contributed by atoms with Gasteiger partial charge in [0, 0.05) is 19.2 Å². The minimum atomic E-state index is 0.178. The molecule has 0 bridgehead atoms. The SMILES string of the molecule is CCC(C)N(Cc1ccccc1)C(=O)CCOCC(C)C. The molecule has 0 aliphatic heterocycles. The molecule has 0 N–H and O–H groups in total. The van der Waals surface area contributed by atoms with Crippen molar-refractivity contribution >= 4 is 5.91 Å². The second kappa shape index (κ2) is 9.56. The first-order valence-electron chi connectivity index (χ1n) is 7.95. The van der Waals surface area contributed by atoms with Crippen LogP contribution in [0.2, 0.25) is 0 Å². The molecule has 1 aromatic rings. The summed E-state index contributed by atoms with van der Waals surface area (Å²) in [6, 6.07) is 10.4. The Kier molecular flexibility index (Phi) is 8.06. The largest absolute Gasteiger partial charge is 0.381 e. The van der Waals surface area contributed by atoms with Crippen molar-refractivity contribution in [1.82, 2.24) is 4.90 Å². The fourth-order valence-corrected chi connectivity index (χ4v) is 2.11. The molecular formula is C18H29NO2. The van der Waals surface area contributed by atoms with Crippen molar-refractivity contribution in [3.8, 4) is 0 Å². The van der Waals surface area contributed by atoms with Crippen LogP contribution in [-0.4, -0.2) is 30.1 Å². The van der Waals surface area contributed by atoms with Gasteiger partial charge in [-0.05, 0) is 24.8 Å². The van der Waals surface area contributed by atoms with Gasteiger partial charge < -0.3 is 9.64 Å². The maximum absolute atomic E-state index is 12.4. The molecule has 0 heterocycles. The van der Waals surface area contributed by atoms with E-state index >= 15 is 0 Å². The lowest BCUT2D eigenvalue weighted by Crippen LogP contribution is -2.38. The summed E-state index contributed by atoms with van der Waals surface area (Å²) in [5.74, 6) is 0.687. The summed E-state index contributed by atoms with van der Waals surface area (Å²) in [5.41, 5.74) is 1.18. The minimum absolute atomic E-state index is 0.178. The van der Waals surface area contributed by atoms with E-state index in [9.17, 15) is 4.79 Å². The van der Waals surface area contributed by atoms with Gasteiger partial charge in [0.25, 0.3) is 0 Å². The summed E-state index contributed by atoms with van der Waals surface area (Å²) >= 11 is 0. The minimum Gasteiger partial charge on any atom is -0.381 e. The van der Waals surface area contributed by atoms with Crippen LogP contribution in [0.4, 0.5) is 0 Å². The van der Waals surface area contributed by atoms with Crippen LogP contribution in [0, 0.1) is 5.92 Å². The highest BCUT2D eigenvalue weighted by Crippen LogP contribution is 2.12. The summed E-state index contributed by atoms with van der Waals surface area (Å²) in [4.78, 5) is 14.4. The molecular weight excluding hydrogens is 262 g/mol. The molecule has 118 valence electrons. The summed E-state index contributed by atoms with van der Waals surface area (Å²) in [6.45, 7) is 10.4. The zero-order valence-corrected chi connectivity index (χ0v) is 13.8. The highest BCUT2D eigenvalue weighted by atomic mass is 16.5. The number of benzene rings is 1. The van der Waals surface area contributed by atoms with Gasteiger partial charge in [-0.25, -0.2) is 0 Å². The van der Waals surface area contributed by atoms with E-state index in [-0.39, 0.29) is 11.9 Å². The highest BCUT2D eigenvalue weighted by Gasteiger charge is 2.18. The van der Waals surface area contributed by atoms with Crippen LogP contribution in [0.3, 0.4) is 0 Å². The highest BCUT2D eigenvalue weighted by molar-refractivity contribution is 5.76. The molecule has 0 spiro atoms. The van der Waals surface area contributed by atoms with E-state index < -0.39 is 0 Å². The molecule has 1 aromatic carbocycles. The number of rotatable bonds is 9. The number of carbonyl (C=O) groups excluding carboxylic acids is 1. The topological polar surface area (TPSA) is 29.5 Å². The third-order valence-corrected chi connectivity index (χ3v) is 3.55. The molecule has 1 rings (SSSR count). The van der Waals surface area contributed by atoms with Gasteiger partial charge in [-0.2, -0.15) is 0 Å². The van der Waals surface area contributed by atoms with Crippen LogP contribution < -0.4 is 0 Å². The van der Waals surface area contributed by atoms with Crippen molar-refractivity contribution < 1.29 is 9.53 Å². The number of nitrogens with zero attached hydrogens (tertiary/aromatic N) is 1. The van der Waals surface area contributed by atoms with Crippen molar-refractivity contribution in [3.05, 3.63) is 35.9 Å². The van der Waals surface area contributed by atoms with Crippen molar-refractivity contribution in [1.29, 1.82) is 0 Å². The van der Waals surface area contributed by atoms with Gasteiger partial charge >= 0.3 is 0 Å². The van der Waals surface area contributed by atoms with Crippen molar-refractivity contribution in [2.45, 2.75) is 53.1 Å². The first kappa shape index (κ1) is 17.7. The van der Waals surface area contributed by atoms with E-state index in [0.29, 0.717) is 25.5 Å². The maximum Gasteiger partial charge on any atom is 0.225 e. The Labute approximate surface area is 129 Å². The molecule has 1 atom stereocenters. The van der Waals surface area contributed by atoms with Crippen molar-refractivity contribution in [2.24, 2.45) is 5.92 Å². The van der Waals surface area contributed by atoms with Gasteiger partial charge in [0.15, 0.2) is 0 Å². The van der Waals surface area contributed by atoms with Gasteiger partial charge in [-0.3, -0.25) is 4.79 Å². The smallest absolute Gasteiger partial charge is 0.225 e. The van der Waals surface area contributed by atoms with Crippen molar-refractivity contribution in [3.63, 3.8) is 0 Å². The molecule has 0 saturated carbocycles. The van der Waals surface area contributed by atoms with Crippen LogP contribution in [0.5, 0.6) is 0 Å². The predicted molar refractivity (Wildman–Crippen MR) is 87.0 cm³/mol. The van der Waals surface area contributed by atoms with Gasteiger partial charge in [0.2, 0.25) is 5.91 Å². The molecule has 0 radical (unpaired) electrons. The Balaban J connectivity index is 2.54. The Morgan fingerprint density at radius 1 is 1.19 bits per heavy atom. The number of hydrogen-bond donors (Lipinski definition) is 0. The normalized spacial score (nSPS) is 12.4. The lowest BCUT2D eigenvalue weighted by molar-refractivity contribution is -0.135. The van der Waals surface area contributed by atoms with Gasteiger partial charge in [-0.15, -0.1) is 0 Å². The Morgan fingerprint density at radius 2 is 1.86 bits per heavy atom. The molecule has 0 aromatic heterocycles. The monoisotopic (exact) mass is 291 g/mol. The summed E-state index contributed by atoms with van der Waals surface area (Å²) in [7, 11) is 0. The second-order valence-electron chi connectivity index (χ2n) is 5.98. The van der Waals surface area contributed by atoms with E-state index in [1.54, 1.807) is 0 Å². The number of carbonyl (C=O) groups is 1. The second-order valence-corrected chi connectivity index (χ2v) is 5.98. The molecule has 0 fully saturated rings. The molecule has 0 aliphatic carbocycles. The van der Waals surface area contributed by atoms with E-state index in [4.69, 9.17) is 4.74 Å². The van der Waals surface area contributed by atoms with E-state index in [0.717, 1.165) is 13.0 Å². The molecule has 3 heteroatoms. The summed E-state index contributed by atoms with van der Waals surface area (Å²) in [6.07, 6.45) is 1.43. The molecule has 3 nitrogen and oxygen atoms in total. The Hall–Kier alpha value is -1.35. The first-order valence-corrected chi connectivity index (χ1v) is 7.95. The molecule has 0 saturated heterocycles. The van der Waals surface area contributed by atoms with Crippen LogP contribution in [0.1, 0.15) is 46.1 Å². The molecule has 21 heavy (non-hydrogen) atoms. The van der Waals surface area contributed by atoms with Crippen LogP contribution in [0.25, 0.3) is 0 Å². The van der Waals surface area contributed by atoms with Gasteiger partial charge in [0.05, 0.1) is 13.0 Å². The zero-order valence-electron chi connectivity index (χ0n) is 13.8. The average molecular weight is 291 g/mol. The fraction of sp³-hybridized carbons (Fsp3) is 0.611. The number of ether oxygens (including phenoxy) is 1. The Bertz CT molecular complexity index is 403. The van der Waals surface area contributed by atoms with E-state index in [1.165, 1.54) is 5.56 Å². The Morgan fingerprint density at radius 3 is 2.43 bits per heavy atom. The standard InChI is InChI=1S/C18H29NO2/c1-5-16(4)19(13-17-9-7-6-8-10-17)18(20)11-12-21-14-15(2)3/h6-10,15-16H,5,11-14H2,1-4H3. The van der Waals surface area contributed by atoms with Gasteiger partial charge in [0.1, 0.15) is 0 Å². The maximum atomic E-state index is 12.4. The van der Waals surface area contributed by atoms with Crippen LogP contribution >= 0.6 is 0 Å². The van der Waals surface area contributed by atoms with E-state index in [2.05, 4.69) is 39.8 Å². The molecule has 1 amide bonds. The molecule has 1 unspecified atom stereocenters. The average Bonchev–Trinajstić information content (AvgIpc) is 2.49. The fourth-order valence-electron chi connectivity index (χ4n) is 2.11. The van der Waals surface area contributed by atoms with Crippen molar-refractivity contribution in [2.75, 3.05) is 13.2 Å². The van der Waals surface area contributed by atoms with Gasteiger partial charge in [-0.1, -0.05) is 51.1 Å². The summed E-state index contributed by atoms with van der Waals surface area (Å²) < 4.78 is 5.53. The molecule has 0 aliphatic rings. The summed E-state index contributed by atoms with van der Waals surface area (Å²) in [5, 5.41) is 0. The van der Waals surface area contributed by atoms with Crippen LogP contribution in [-0.2, 0) is 16.1 Å². The quantitative estimate of drug-likeness (QED) is 0.646. The third-order valence-electron chi connectivity index (χ3n) is 3.55. The zero-order chi connectivity index (χ0) is 15.7. The number of amides is 1. The van der Waals surface area contributed by atoms with E-state index in [1.807, 2.05) is 23.1 Å². The predicted octanol–water partition coefficient (Wildman–Crippen LogP) is 3.88. The van der Waals surface area contributed by atoms with Crippen LogP contribution in [0.15, 0.2) is 30.3 Å². The lowest BCUT2D eigenvalue weighted by atomic mass is 10.1. The third kappa shape index (κ3) is 6.76.